The number of amides is 1. The molecule has 0 aliphatic heterocycles. The molecule has 10 heteroatoms. The number of aryl methyl sites for hydroxylation is 1. The summed E-state index contributed by atoms with van der Waals surface area (Å²) in [5.41, 5.74) is 6.88. The van der Waals surface area contributed by atoms with Crippen molar-refractivity contribution in [1.82, 2.24) is 10.2 Å². The standard InChI is InChI=1S/C14H18N4O3S3/c1-4-8-7(3)23-11(10(8)12(20)21-5-2)16-9(19)6-22-14-18-17-13(15)24-14/h4-6H2,1-3H3,(H2,15,17)(H,16,19). The fourth-order valence-corrected chi connectivity index (χ4v) is 4.67. The normalized spacial score (nSPS) is 10.6. The molecule has 7 nitrogen and oxygen atoms in total. The number of nitrogen functional groups attached to an aromatic ring is 1. The Morgan fingerprint density at radius 2 is 2.04 bits per heavy atom. The largest absolute Gasteiger partial charge is 0.462 e. The van der Waals surface area contributed by atoms with Gasteiger partial charge in [0.1, 0.15) is 5.00 Å². The Morgan fingerprint density at radius 3 is 2.62 bits per heavy atom. The molecule has 3 N–H and O–H groups in total. The summed E-state index contributed by atoms with van der Waals surface area (Å²) in [7, 11) is 0. The fraction of sp³-hybridized carbons (Fsp3) is 0.429. The van der Waals surface area contributed by atoms with Crippen LogP contribution in [0.2, 0.25) is 0 Å². The zero-order valence-corrected chi connectivity index (χ0v) is 16.0. The highest BCUT2D eigenvalue weighted by Crippen LogP contribution is 2.34. The minimum absolute atomic E-state index is 0.162. The van der Waals surface area contributed by atoms with Gasteiger partial charge in [0.05, 0.1) is 17.9 Å². The smallest absolute Gasteiger partial charge is 0.341 e. The Kier molecular flexibility index (Phi) is 6.58. The topological polar surface area (TPSA) is 107 Å². The van der Waals surface area contributed by atoms with Gasteiger partial charge in [-0.25, -0.2) is 4.79 Å². The highest BCUT2D eigenvalue weighted by molar-refractivity contribution is 8.01. The molecule has 0 unspecified atom stereocenters. The van der Waals surface area contributed by atoms with Gasteiger partial charge in [-0.3, -0.25) is 4.79 Å². The second-order valence-electron chi connectivity index (χ2n) is 4.66. The van der Waals surface area contributed by atoms with E-state index in [1.165, 1.54) is 34.4 Å². The maximum absolute atomic E-state index is 12.2. The summed E-state index contributed by atoms with van der Waals surface area (Å²) in [6.45, 7) is 5.95. The van der Waals surface area contributed by atoms with Crippen LogP contribution in [0.5, 0.6) is 0 Å². The van der Waals surface area contributed by atoms with Crippen molar-refractivity contribution in [1.29, 1.82) is 0 Å². The lowest BCUT2D eigenvalue weighted by Crippen LogP contribution is -2.16. The SMILES string of the molecule is CCOC(=O)c1c(NC(=O)CSc2nnc(N)s2)sc(C)c1CC. The second-order valence-corrected chi connectivity index (χ2v) is 8.11. The van der Waals surface area contributed by atoms with Gasteiger partial charge in [-0.1, -0.05) is 30.0 Å². The number of aromatic nitrogens is 2. The zero-order chi connectivity index (χ0) is 17.7. The maximum Gasteiger partial charge on any atom is 0.341 e. The summed E-state index contributed by atoms with van der Waals surface area (Å²) in [5.74, 6) is -0.461. The molecule has 0 bridgehead atoms. The van der Waals surface area contributed by atoms with Crippen LogP contribution in [-0.2, 0) is 16.0 Å². The van der Waals surface area contributed by atoms with E-state index < -0.39 is 5.97 Å². The quantitative estimate of drug-likeness (QED) is 0.556. The highest BCUT2D eigenvalue weighted by atomic mass is 32.2. The molecule has 0 fully saturated rings. The number of thiophene rings is 1. The van der Waals surface area contributed by atoms with Crippen molar-refractivity contribution < 1.29 is 14.3 Å². The molecule has 1 amide bonds. The van der Waals surface area contributed by atoms with Crippen LogP contribution in [-0.4, -0.2) is 34.4 Å². The molecular weight excluding hydrogens is 368 g/mol. The van der Waals surface area contributed by atoms with Gasteiger partial charge in [0.25, 0.3) is 0 Å². The average molecular weight is 387 g/mol. The van der Waals surface area contributed by atoms with Gasteiger partial charge in [-0.15, -0.1) is 21.5 Å². The van der Waals surface area contributed by atoms with Crippen LogP contribution >= 0.6 is 34.4 Å². The number of thioether (sulfide) groups is 1. The molecule has 0 radical (unpaired) electrons. The molecule has 0 spiro atoms. The third kappa shape index (κ3) is 4.46. The molecular formula is C14H18N4O3S3. The van der Waals surface area contributed by atoms with Crippen molar-refractivity contribution in [3.63, 3.8) is 0 Å². The molecule has 0 saturated heterocycles. The maximum atomic E-state index is 12.2. The molecule has 0 aromatic carbocycles. The third-order valence-corrected chi connectivity index (χ3v) is 5.99. The Bertz CT molecular complexity index is 742. The molecule has 2 aromatic heterocycles. The van der Waals surface area contributed by atoms with E-state index in [0.717, 1.165) is 10.4 Å². The van der Waals surface area contributed by atoms with E-state index in [9.17, 15) is 9.59 Å². The van der Waals surface area contributed by atoms with Crippen LogP contribution in [0.25, 0.3) is 0 Å². The monoisotopic (exact) mass is 386 g/mol. The van der Waals surface area contributed by atoms with Crippen molar-refractivity contribution in [2.24, 2.45) is 0 Å². The molecule has 0 atom stereocenters. The number of nitrogens with two attached hydrogens (primary N) is 1. The number of hydrogen-bond acceptors (Lipinski definition) is 9. The summed E-state index contributed by atoms with van der Waals surface area (Å²) in [4.78, 5) is 25.4. The molecule has 0 aliphatic rings. The first kappa shape index (κ1) is 18.7. The van der Waals surface area contributed by atoms with E-state index in [0.29, 0.717) is 33.1 Å². The van der Waals surface area contributed by atoms with Crippen LogP contribution < -0.4 is 11.1 Å². The Morgan fingerprint density at radius 1 is 1.29 bits per heavy atom. The molecule has 0 saturated carbocycles. The van der Waals surface area contributed by atoms with Crippen LogP contribution in [0, 0.1) is 6.92 Å². The van der Waals surface area contributed by atoms with E-state index in [-0.39, 0.29) is 11.7 Å². The second kappa shape index (κ2) is 8.45. The van der Waals surface area contributed by atoms with E-state index in [1.54, 1.807) is 6.92 Å². The van der Waals surface area contributed by atoms with Crippen LogP contribution in [0.1, 0.15) is 34.6 Å². The number of nitrogens with zero attached hydrogens (tertiary/aromatic N) is 2. The highest BCUT2D eigenvalue weighted by Gasteiger charge is 2.23. The number of carbonyl (C=O) groups is 2. The minimum atomic E-state index is -0.404. The van der Waals surface area contributed by atoms with Gasteiger partial charge in [0.15, 0.2) is 4.34 Å². The molecule has 2 aromatic rings. The van der Waals surface area contributed by atoms with Crippen LogP contribution in [0.4, 0.5) is 10.1 Å². The number of esters is 1. The Balaban J connectivity index is 2.10. The zero-order valence-electron chi connectivity index (χ0n) is 13.5. The number of rotatable bonds is 7. The van der Waals surface area contributed by atoms with E-state index in [1.807, 2.05) is 13.8 Å². The minimum Gasteiger partial charge on any atom is -0.462 e. The van der Waals surface area contributed by atoms with Gasteiger partial charge in [0.2, 0.25) is 11.0 Å². The van der Waals surface area contributed by atoms with E-state index >= 15 is 0 Å². The lowest BCUT2D eigenvalue weighted by Gasteiger charge is -2.07. The number of hydrogen-bond donors (Lipinski definition) is 2. The predicted molar refractivity (Wildman–Crippen MR) is 98.1 cm³/mol. The number of anilines is 2. The fourth-order valence-electron chi connectivity index (χ4n) is 2.08. The molecule has 24 heavy (non-hydrogen) atoms. The summed E-state index contributed by atoms with van der Waals surface area (Å²) in [6.07, 6.45) is 0.700. The Hall–Kier alpha value is -1.65. The van der Waals surface area contributed by atoms with E-state index in [2.05, 4.69) is 15.5 Å². The Labute approximate surface area is 152 Å². The summed E-state index contributed by atoms with van der Waals surface area (Å²) in [6, 6.07) is 0. The lowest BCUT2D eigenvalue weighted by molar-refractivity contribution is -0.113. The molecule has 130 valence electrons. The summed E-state index contributed by atoms with van der Waals surface area (Å²) in [5, 5.41) is 11.3. The summed E-state index contributed by atoms with van der Waals surface area (Å²) < 4.78 is 5.75. The van der Waals surface area contributed by atoms with Gasteiger partial charge < -0.3 is 15.8 Å². The summed E-state index contributed by atoms with van der Waals surface area (Å²) >= 11 is 3.87. The third-order valence-electron chi connectivity index (χ3n) is 3.04. The van der Waals surface area contributed by atoms with Gasteiger partial charge >= 0.3 is 5.97 Å². The molecule has 2 heterocycles. The van der Waals surface area contributed by atoms with Gasteiger partial charge in [0, 0.05) is 4.88 Å². The van der Waals surface area contributed by atoms with Crippen molar-refractivity contribution in [2.75, 3.05) is 23.4 Å². The number of nitrogens with one attached hydrogen (secondary N) is 1. The number of carbonyl (C=O) groups excluding carboxylic acids is 2. The number of ether oxygens (including phenoxy) is 1. The first-order valence-electron chi connectivity index (χ1n) is 7.27. The van der Waals surface area contributed by atoms with E-state index in [4.69, 9.17) is 10.5 Å². The van der Waals surface area contributed by atoms with Crippen molar-refractivity contribution in [2.45, 2.75) is 31.5 Å². The average Bonchev–Trinajstić information content (AvgIpc) is 3.08. The van der Waals surface area contributed by atoms with Crippen molar-refractivity contribution in [3.05, 3.63) is 16.0 Å². The first-order chi connectivity index (χ1) is 11.5. The first-order valence-corrected chi connectivity index (χ1v) is 9.89. The van der Waals surface area contributed by atoms with Crippen molar-refractivity contribution >= 4 is 56.4 Å². The predicted octanol–water partition coefficient (Wildman–Crippen LogP) is 2.96. The van der Waals surface area contributed by atoms with Gasteiger partial charge in [-0.2, -0.15) is 0 Å². The van der Waals surface area contributed by atoms with Crippen LogP contribution in [0.15, 0.2) is 4.34 Å². The molecule has 0 aliphatic carbocycles. The van der Waals surface area contributed by atoms with Crippen LogP contribution in [0.3, 0.4) is 0 Å². The lowest BCUT2D eigenvalue weighted by atomic mass is 10.1. The van der Waals surface area contributed by atoms with Gasteiger partial charge in [-0.05, 0) is 25.8 Å². The molecule has 2 rings (SSSR count). The van der Waals surface area contributed by atoms with Crippen molar-refractivity contribution in [3.8, 4) is 0 Å².